The summed E-state index contributed by atoms with van der Waals surface area (Å²) >= 11 is 0. The van der Waals surface area contributed by atoms with E-state index in [0.29, 0.717) is 23.5 Å². The summed E-state index contributed by atoms with van der Waals surface area (Å²) in [6.45, 7) is 2.07. The van der Waals surface area contributed by atoms with Crippen LogP contribution in [0.4, 0.5) is 0 Å². The molecule has 0 radical (unpaired) electrons. The van der Waals surface area contributed by atoms with Gasteiger partial charge in [0, 0.05) is 24.1 Å². The minimum atomic E-state index is -0.879. The van der Waals surface area contributed by atoms with Crippen molar-refractivity contribution in [2.45, 2.75) is 13.3 Å². The molecule has 1 heterocycles. The third kappa shape index (κ3) is 4.10. The highest BCUT2D eigenvalue weighted by Crippen LogP contribution is 2.15. The van der Waals surface area contributed by atoms with Crippen LogP contribution in [0.1, 0.15) is 23.7 Å². The van der Waals surface area contributed by atoms with Gasteiger partial charge in [-0.2, -0.15) is 5.21 Å². The molecule has 2 rings (SSSR count). The lowest BCUT2D eigenvalue weighted by atomic mass is 10.1. The van der Waals surface area contributed by atoms with Gasteiger partial charge in [-0.25, -0.2) is 0 Å². The Morgan fingerprint density at radius 1 is 1.43 bits per heavy atom. The van der Waals surface area contributed by atoms with Crippen LogP contribution < -0.4 is 5.32 Å². The standard InChI is InChI=1S/C13H15N5O3/c1-8(5-11(19)20)7-14-13(21)10-4-2-3-9(6-10)12-15-17-18-16-12/h2-4,6,8H,5,7H2,1H3,(H,14,21)(H,19,20)(H,15,16,17,18). The molecule has 2 aromatic rings. The number of hydrogen-bond acceptors (Lipinski definition) is 5. The molecule has 8 nitrogen and oxygen atoms in total. The molecule has 0 saturated carbocycles. The number of carbonyl (C=O) groups is 2. The summed E-state index contributed by atoms with van der Waals surface area (Å²) < 4.78 is 0. The number of carboxylic acid groups (broad SMARTS) is 1. The van der Waals surface area contributed by atoms with Crippen molar-refractivity contribution in [1.82, 2.24) is 25.9 Å². The number of nitrogens with one attached hydrogen (secondary N) is 2. The number of aromatic amines is 1. The summed E-state index contributed by atoms with van der Waals surface area (Å²) in [5, 5.41) is 24.9. The van der Waals surface area contributed by atoms with Crippen LogP contribution in [0.5, 0.6) is 0 Å². The van der Waals surface area contributed by atoms with Crippen molar-refractivity contribution in [1.29, 1.82) is 0 Å². The largest absolute Gasteiger partial charge is 0.481 e. The minimum Gasteiger partial charge on any atom is -0.481 e. The van der Waals surface area contributed by atoms with Crippen LogP contribution in [0.25, 0.3) is 11.4 Å². The molecule has 0 aliphatic rings. The van der Waals surface area contributed by atoms with Crippen molar-refractivity contribution in [2.24, 2.45) is 5.92 Å². The predicted octanol–water partition coefficient (Wildman–Crippen LogP) is 0.707. The molecule has 0 bridgehead atoms. The van der Waals surface area contributed by atoms with Crippen LogP contribution in [-0.4, -0.2) is 44.2 Å². The number of aromatic nitrogens is 4. The van der Waals surface area contributed by atoms with Crippen molar-refractivity contribution in [3.8, 4) is 11.4 Å². The Balaban J connectivity index is 2.00. The second-order valence-corrected chi connectivity index (χ2v) is 4.73. The molecule has 110 valence electrons. The highest BCUT2D eigenvalue weighted by molar-refractivity contribution is 5.95. The third-order valence-electron chi connectivity index (χ3n) is 2.86. The average Bonchev–Trinajstić information content (AvgIpc) is 2.98. The Kier molecular flexibility index (Phi) is 4.60. The quantitative estimate of drug-likeness (QED) is 0.720. The lowest BCUT2D eigenvalue weighted by molar-refractivity contribution is -0.137. The Hall–Kier alpha value is -2.77. The molecule has 1 aromatic carbocycles. The molecule has 3 N–H and O–H groups in total. The van der Waals surface area contributed by atoms with E-state index in [0.717, 1.165) is 0 Å². The topological polar surface area (TPSA) is 121 Å². The van der Waals surface area contributed by atoms with E-state index in [1.165, 1.54) is 0 Å². The smallest absolute Gasteiger partial charge is 0.303 e. The summed E-state index contributed by atoms with van der Waals surface area (Å²) in [7, 11) is 0. The van der Waals surface area contributed by atoms with Crippen molar-refractivity contribution < 1.29 is 14.7 Å². The number of carbonyl (C=O) groups excluding carboxylic acids is 1. The van der Waals surface area contributed by atoms with E-state index in [2.05, 4.69) is 25.9 Å². The van der Waals surface area contributed by atoms with Crippen LogP contribution in [-0.2, 0) is 4.79 Å². The maximum atomic E-state index is 12.0. The lowest BCUT2D eigenvalue weighted by Crippen LogP contribution is -2.29. The summed E-state index contributed by atoms with van der Waals surface area (Å²) in [4.78, 5) is 22.6. The van der Waals surface area contributed by atoms with E-state index in [1.807, 2.05) is 0 Å². The fraction of sp³-hybridized carbons (Fsp3) is 0.308. The first kappa shape index (κ1) is 14.6. The van der Waals surface area contributed by atoms with Crippen molar-refractivity contribution in [3.05, 3.63) is 29.8 Å². The Morgan fingerprint density at radius 3 is 2.90 bits per heavy atom. The number of H-pyrrole nitrogens is 1. The van der Waals surface area contributed by atoms with E-state index in [9.17, 15) is 9.59 Å². The lowest BCUT2D eigenvalue weighted by Gasteiger charge is -2.10. The maximum absolute atomic E-state index is 12.0. The van der Waals surface area contributed by atoms with Crippen molar-refractivity contribution in [3.63, 3.8) is 0 Å². The minimum absolute atomic E-state index is 0.0170. The van der Waals surface area contributed by atoms with Gasteiger partial charge in [-0.15, -0.1) is 10.2 Å². The van der Waals surface area contributed by atoms with Crippen molar-refractivity contribution >= 4 is 11.9 Å². The molecule has 0 spiro atoms. The molecule has 21 heavy (non-hydrogen) atoms. The first-order valence-corrected chi connectivity index (χ1v) is 6.40. The zero-order valence-electron chi connectivity index (χ0n) is 11.4. The molecular weight excluding hydrogens is 274 g/mol. The fourth-order valence-corrected chi connectivity index (χ4v) is 1.82. The molecule has 0 saturated heterocycles. The molecule has 1 amide bonds. The Bertz CT molecular complexity index is 626. The van der Waals surface area contributed by atoms with E-state index in [-0.39, 0.29) is 18.2 Å². The average molecular weight is 289 g/mol. The van der Waals surface area contributed by atoms with Gasteiger partial charge in [0.05, 0.1) is 0 Å². The Morgan fingerprint density at radius 2 is 2.24 bits per heavy atom. The van der Waals surface area contributed by atoms with Gasteiger partial charge in [0.15, 0.2) is 0 Å². The number of hydrogen-bond donors (Lipinski definition) is 3. The van der Waals surface area contributed by atoms with Crippen LogP contribution in [0.3, 0.4) is 0 Å². The van der Waals surface area contributed by atoms with Gasteiger partial charge in [-0.05, 0) is 23.3 Å². The van der Waals surface area contributed by atoms with Crippen LogP contribution >= 0.6 is 0 Å². The first-order chi connectivity index (χ1) is 10.1. The summed E-state index contributed by atoms with van der Waals surface area (Å²) in [6, 6.07) is 6.82. The molecule has 0 aliphatic heterocycles. The second kappa shape index (κ2) is 6.60. The van der Waals surface area contributed by atoms with Gasteiger partial charge in [0.1, 0.15) is 0 Å². The number of nitrogens with zero attached hydrogens (tertiary/aromatic N) is 3. The summed E-state index contributed by atoms with van der Waals surface area (Å²) in [6.07, 6.45) is 0.0170. The van der Waals surface area contributed by atoms with Crippen LogP contribution in [0.2, 0.25) is 0 Å². The molecule has 1 unspecified atom stereocenters. The number of benzene rings is 1. The SMILES string of the molecule is CC(CNC(=O)c1cccc(-c2nn[nH]n2)c1)CC(=O)O. The maximum Gasteiger partial charge on any atom is 0.303 e. The molecule has 0 aliphatic carbocycles. The van der Waals surface area contributed by atoms with Crippen molar-refractivity contribution in [2.75, 3.05) is 6.54 Å². The Labute approximate surface area is 120 Å². The van der Waals surface area contributed by atoms with E-state index in [4.69, 9.17) is 5.11 Å². The zero-order valence-corrected chi connectivity index (χ0v) is 11.4. The zero-order chi connectivity index (χ0) is 15.2. The molecular formula is C13H15N5O3. The fourth-order valence-electron chi connectivity index (χ4n) is 1.82. The number of carboxylic acids is 1. The third-order valence-corrected chi connectivity index (χ3v) is 2.86. The first-order valence-electron chi connectivity index (χ1n) is 6.40. The van der Waals surface area contributed by atoms with Gasteiger partial charge in [0.2, 0.25) is 5.82 Å². The van der Waals surface area contributed by atoms with E-state index in [1.54, 1.807) is 31.2 Å². The van der Waals surface area contributed by atoms with Gasteiger partial charge in [-0.3, -0.25) is 9.59 Å². The predicted molar refractivity (Wildman–Crippen MR) is 73.4 cm³/mol. The van der Waals surface area contributed by atoms with Crippen LogP contribution in [0.15, 0.2) is 24.3 Å². The van der Waals surface area contributed by atoms with Crippen LogP contribution in [0, 0.1) is 5.92 Å². The number of amides is 1. The highest BCUT2D eigenvalue weighted by atomic mass is 16.4. The summed E-state index contributed by atoms with van der Waals surface area (Å²) in [5.41, 5.74) is 1.13. The highest BCUT2D eigenvalue weighted by Gasteiger charge is 2.12. The van der Waals surface area contributed by atoms with E-state index < -0.39 is 5.97 Å². The number of rotatable bonds is 6. The van der Waals surface area contributed by atoms with Gasteiger partial charge in [-0.1, -0.05) is 19.1 Å². The molecule has 1 atom stereocenters. The molecule has 8 heteroatoms. The van der Waals surface area contributed by atoms with Gasteiger partial charge in [0.25, 0.3) is 5.91 Å². The second-order valence-electron chi connectivity index (χ2n) is 4.73. The summed E-state index contributed by atoms with van der Waals surface area (Å²) in [5.74, 6) is -0.871. The molecule has 1 aromatic heterocycles. The normalized spacial score (nSPS) is 11.9. The van der Waals surface area contributed by atoms with Gasteiger partial charge < -0.3 is 10.4 Å². The number of tetrazole rings is 1. The molecule has 0 fully saturated rings. The van der Waals surface area contributed by atoms with Gasteiger partial charge >= 0.3 is 5.97 Å². The van der Waals surface area contributed by atoms with E-state index >= 15 is 0 Å². The monoisotopic (exact) mass is 289 g/mol. The number of aliphatic carboxylic acids is 1.